The molecule has 61 heavy (non-hydrogen) atoms. The van der Waals surface area contributed by atoms with Crippen LogP contribution in [0.1, 0.15) is 0 Å². The van der Waals surface area contributed by atoms with Gasteiger partial charge in [0.05, 0.1) is 33.6 Å². The summed E-state index contributed by atoms with van der Waals surface area (Å²) in [5.41, 5.74) is 9.40. The maximum atomic E-state index is 6.39. The highest BCUT2D eigenvalue weighted by atomic mass is 32.1. The van der Waals surface area contributed by atoms with E-state index in [1.807, 2.05) is 42.6 Å². The number of furan rings is 2. The van der Waals surface area contributed by atoms with E-state index in [0.717, 1.165) is 109 Å². The number of anilines is 6. The fourth-order valence-corrected chi connectivity index (χ4v) is 9.83. The summed E-state index contributed by atoms with van der Waals surface area (Å²) in [5, 5.41) is 18.4. The number of benzene rings is 8. The Kier molecular flexibility index (Phi) is 7.31. The Balaban J connectivity index is 0.981. The molecule has 0 aliphatic carbocycles. The Morgan fingerprint density at radius 1 is 0.410 bits per heavy atom. The minimum atomic E-state index is 0.447. The van der Waals surface area contributed by atoms with Crippen molar-refractivity contribution in [3.8, 4) is 0 Å². The SMILES string of the molecule is c1ccc2c(N(c3ccc4c(c3)oc3ccccc34)c3cnc4c(c3)sc3nc(N(c5ccc6c(c5)oc5ccccc56)c5cccc6ccccc56)nnc34)cccc2c1. The summed E-state index contributed by atoms with van der Waals surface area (Å²) in [5.74, 6) is 0.447. The van der Waals surface area contributed by atoms with Crippen LogP contribution in [0.3, 0.4) is 0 Å². The molecule has 0 bridgehead atoms. The second-order valence-electron chi connectivity index (χ2n) is 15.1. The van der Waals surface area contributed by atoms with Crippen molar-refractivity contribution >= 4 is 132 Å². The van der Waals surface area contributed by atoms with Crippen LogP contribution in [-0.4, -0.2) is 20.2 Å². The fourth-order valence-electron chi connectivity index (χ4n) is 8.84. The first-order chi connectivity index (χ1) is 30.2. The molecule has 13 rings (SSSR count). The lowest BCUT2D eigenvalue weighted by atomic mass is 10.1. The van der Waals surface area contributed by atoms with Crippen LogP contribution in [0.25, 0.3) is 86.0 Å². The summed E-state index contributed by atoms with van der Waals surface area (Å²) in [4.78, 5) is 15.4. The largest absolute Gasteiger partial charge is 0.456 e. The molecule has 0 saturated carbocycles. The second kappa shape index (κ2) is 13.2. The molecule has 0 amide bonds. The predicted octanol–water partition coefficient (Wildman–Crippen LogP) is 14.7. The highest BCUT2D eigenvalue weighted by Crippen LogP contribution is 2.44. The van der Waals surface area contributed by atoms with E-state index in [1.54, 1.807) is 11.3 Å². The monoisotopic (exact) mass is 802 g/mol. The van der Waals surface area contributed by atoms with Crippen LogP contribution in [0, 0.1) is 0 Å². The van der Waals surface area contributed by atoms with Gasteiger partial charge in [-0.2, -0.15) is 4.98 Å². The van der Waals surface area contributed by atoms with Gasteiger partial charge in [0.15, 0.2) is 4.83 Å². The highest BCUT2D eigenvalue weighted by molar-refractivity contribution is 7.25. The second-order valence-corrected chi connectivity index (χ2v) is 16.2. The number of hydrogen-bond acceptors (Lipinski definition) is 9. The lowest BCUT2D eigenvalue weighted by molar-refractivity contribution is 0.668. The Bertz CT molecular complexity index is 3630. The van der Waals surface area contributed by atoms with Crippen LogP contribution in [0.5, 0.6) is 0 Å². The zero-order chi connectivity index (χ0) is 40.0. The Morgan fingerprint density at radius 2 is 0.934 bits per heavy atom. The topological polar surface area (TPSA) is 84.3 Å². The number of nitrogens with zero attached hydrogens (tertiary/aromatic N) is 6. The number of rotatable bonds is 6. The van der Waals surface area contributed by atoms with Crippen molar-refractivity contribution in [2.45, 2.75) is 0 Å². The molecule has 0 unspecified atom stereocenters. The Hall–Kier alpha value is -8.14. The van der Waals surface area contributed by atoms with E-state index < -0.39 is 0 Å². The van der Waals surface area contributed by atoms with Gasteiger partial charge in [-0.3, -0.25) is 9.88 Å². The average Bonchev–Trinajstić information content (AvgIpc) is 3.99. The van der Waals surface area contributed by atoms with Gasteiger partial charge in [-0.05, 0) is 65.4 Å². The van der Waals surface area contributed by atoms with Crippen molar-refractivity contribution in [1.29, 1.82) is 0 Å². The molecule has 0 aliphatic rings. The number of hydrogen-bond donors (Lipinski definition) is 0. The molecule has 286 valence electrons. The van der Waals surface area contributed by atoms with Crippen LogP contribution < -0.4 is 9.80 Å². The van der Waals surface area contributed by atoms with E-state index >= 15 is 0 Å². The van der Waals surface area contributed by atoms with Gasteiger partial charge < -0.3 is 13.7 Å². The van der Waals surface area contributed by atoms with Crippen molar-refractivity contribution in [2.24, 2.45) is 0 Å². The zero-order valence-electron chi connectivity index (χ0n) is 32.2. The first-order valence-electron chi connectivity index (χ1n) is 20.0. The highest BCUT2D eigenvalue weighted by Gasteiger charge is 2.24. The Labute approximate surface area is 351 Å². The lowest BCUT2D eigenvalue weighted by Gasteiger charge is -2.26. The molecule has 0 radical (unpaired) electrons. The van der Waals surface area contributed by atoms with E-state index in [1.165, 1.54) is 0 Å². The minimum absolute atomic E-state index is 0.447. The van der Waals surface area contributed by atoms with Gasteiger partial charge in [0.2, 0.25) is 0 Å². The molecular formula is C52H30N6O2S. The first-order valence-corrected chi connectivity index (χ1v) is 20.8. The van der Waals surface area contributed by atoms with Gasteiger partial charge in [0, 0.05) is 50.1 Å². The molecule has 0 N–H and O–H groups in total. The molecule has 0 spiro atoms. The fraction of sp³-hybridized carbons (Fsp3) is 0. The third-order valence-electron chi connectivity index (χ3n) is 11.6. The van der Waals surface area contributed by atoms with Crippen molar-refractivity contribution in [3.63, 3.8) is 0 Å². The molecular weight excluding hydrogens is 773 g/mol. The molecule has 0 atom stereocenters. The summed E-state index contributed by atoms with van der Waals surface area (Å²) in [6, 6.07) is 60.7. The molecule has 13 aromatic rings. The van der Waals surface area contributed by atoms with Crippen molar-refractivity contribution in [3.05, 3.63) is 182 Å². The summed E-state index contributed by atoms with van der Waals surface area (Å²) in [6.07, 6.45) is 1.92. The van der Waals surface area contributed by atoms with E-state index in [-0.39, 0.29) is 0 Å². The van der Waals surface area contributed by atoms with E-state index in [9.17, 15) is 0 Å². The quantitative estimate of drug-likeness (QED) is 0.164. The molecule has 8 nitrogen and oxygen atoms in total. The number of para-hydroxylation sites is 2. The molecule has 0 aliphatic heterocycles. The molecule has 5 heterocycles. The standard InChI is InChI=1S/C52H30N6O2S/c1-3-15-36-31(11-1)13-9-19-42(36)57(33-23-25-40-38-17-5-7-21-44(38)59-46(40)27-33)35-29-48-49(53-30-35)50-51(61-48)54-52(56-55-50)58(43-20-10-14-32-12-2-4-16-37(32)43)34-24-26-41-39-18-6-8-22-45(39)60-47(41)28-34/h1-30H. The van der Waals surface area contributed by atoms with Crippen molar-refractivity contribution in [1.82, 2.24) is 20.2 Å². The minimum Gasteiger partial charge on any atom is -0.456 e. The van der Waals surface area contributed by atoms with Crippen LogP contribution >= 0.6 is 11.3 Å². The third-order valence-corrected chi connectivity index (χ3v) is 12.6. The summed E-state index contributed by atoms with van der Waals surface area (Å²) in [7, 11) is 0. The normalized spacial score (nSPS) is 11.9. The Morgan fingerprint density at radius 3 is 1.57 bits per heavy atom. The molecule has 8 aromatic carbocycles. The third kappa shape index (κ3) is 5.31. The first kappa shape index (κ1) is 33.8. The predicted molar refractivity (Wildman–Crippen MR) is 249 cm³/mol. The lowest BCUT2D eigenvalue weighted by Crippen LogP contribution is -2.14. The molecule has 0 saturated heterocycles. The van der Waals surface area contributed by atoms with Crippen LogP contribution in [-0.2, 0) is 0 Å². The van der Waals surface area contributed by atoms with Crippen LogP contribution in [0.4, 0.5) is 34.4 Å². The van der Waals surface area contributed by atoms with Gasteiger partial charge in [0.25, 0.3) is 5.95 Å². The van der Waals surface area contributed by atoms with Gasteiger partial charge >= 0.3 is 0 Å². The van der Waals surface area contributed by atoms with Crippen molar-refractivity contribution < 1.29 is 8.83 Å². The van der Waals surface area contributed by atoms with E-state index in [4.69, 9.17) is 29.0 Å². The number of pyridine rings is 1. The summed E-state index contributed by atoms with van der Waals surface area (Å²) < 4.78 is 13.7. The maximum Gasteiger partial charge on any atom is 0.255 e. The molecule has 9 heteroatoms. The van der Waals surface area contributed by atoms with E-state index in [0.29, 0.717) is 11.5 Å². The van der Waals surface area contributed by atoms with Gasteiger partial charge in [-0.15, -0.1) is 21.5 Å². The van der Waals surface area contributed by atoms with E-state index in [2.05, 4.69) is 149 Å². The summed E-state index contributed by atoms with van der Waals surface area (Å²) >= 11 is 1.56. The van der Waals surface area contributed by atoms with Crippen LogP contribution in [0.15, 0.2) is 191 Å². The average molecular weight is 803 g/mol. The number of thiophene rings is 1. The van der Waals surface area contributed by atoms with Crippen LogP contribution in [0.2, 0.25) is 0 Å². The van der Waals surface area contributed by atoms with Gasteiger partial charge in [0.1, 0.15) is 33.4 Å². The summed E-state index contributed by atoms with van der Waals surface area (Å²) in [6.45, 7) is 0. The molecule has 0 fully saturated rings. The van der Waals surface area contributed by atoms with Gasteiger partial charge in [-0.1, -0.05) is 109 Å². The zero-order valence-corrected chi connectivity index (χ0v) is 33.0. The molecule has 5 aromatic heterocycles. The number of fused-ring (bicyclic) bond motifs is 11. The van der Waals surface area contributed by atoms with Crippen molar-refractivity contribution in [2.75, 3.05) is 9.80 Å². The number of aromatic nitrogens is 4. The van der Waals surface area contributed by atoms with Gasteiger partial charge in [-0.25, -0.2) is 0 Å². The smallest absolute Gasteiger partial charge is 0.255 e. The maximum absolute atomic E-state index is 6.39.